The molecule has 12 nitrogen and oxygen atoms in total. The summed E-state index contributed by atoms with van der Waals surface area (Å²) >= 11 is 6.17. The van der Waals surface area contributed by atoms with Crippen molar-refractivity contribution in [2.75, 3.05) is 11.3 Å². The minimum absolute atomic E-state index is 0.0305. The molecule has 4 aromatic rings. The van der Waals surface area contributed by atoms with Crippen LogP contribution in [0, 0.1) is 13.8 Å². The number of aryl methyl sites for hydroxylation is 2. The van der Waals surface area contributed by atoms with Crippen LogP contribution < -0.4 is 4.72 Å². The summed E-state index contributed by atoms with van der Waals surface area (Å²) in [7, 11) is -8.19. The van der Waals surface area contributed by atoms with E-state index in [1.807, 2.05) is 13.8 Å². The maximum Gasteiger partial charge on any atom is 0.294 e. The Balaban J connectivity index is 0.000000454. The van der Waals surface area contributed by atoms with Crippen LogP contribution in [0.25, 0.3) is 11.1 Å². The van der Waals surface area contributed by atoms with Crippen LogP contribution in [0.3, 0.4) is 0 Å². The third-order valence-corrected chi connectivity index (χ3v) is 11.7. The standard InChI is InChI=1S/C31H37ClN4O5S.C7H8O3S/c1-4-6-13-27-33-31(16-9-10-17-31)30(37)36(27)19-22-14-15-24(23(18-22)20-40-5-2)25-11-7-8-12-26(25)42(38,39)35-29-28(32)21(3)41-34-29;1-6-2-4-7(5-3-6)11(8,9)10/h7-8,11-12,14-15,18H,4-6,9-10,13,16-17,19-20H2,1-3H3,(H,34,35);2-5H,1H3,(H,8,9,10)/i19D2;. The Morgan fingerprint density at radius 3 is 2.34 bits per heavy atom. The van der Waals surface area contributed by atoms with Gasteiger partial charge in [0.25, 0.3) is 26.0 Å². The van der Waals surface area contributed by atoms with E-state index in [2.05, 4.69) is 16.8 Å². The Bertz CT molecular complexity index is 2280. The predicted molar refractivity (Wildman–Crippen MR) is 204 cm³/mol. The number of nitrogens with one attached hydrogen (secondary N) is 1. The highest BCUT2D eigenvalue weighted by Gasteiger charge is 2.49. The molecule has 0 saturated heterocycles. The zero-order chi connectivity index (χ0) is 40.2. The van der Waals surface area contributed by atoms with Gasteiger partial charge in [-0.15, -0.1) is 0 Å². The number of hydrogen-bond acceptors (Lipinski definition) is 9. The van der Waals surface area contributed by atoms with E-state index >= 15 is 0 Å². The number of benzene rings is 3. The van der Waals surface area contributed by atoms with Crippen molar-refractivity contribution in [3.05, 3.63) is 94.2 Å². The van der Waals surface area contributed by atoms with E-state index in [0.29, 0.717) is 48.4 Å². The zero-order valence-electron chi connectivity index (χ0n) is 32.1. The SMILES string of the molecule is Cc1ccc(S(=O)(=O)O)cc1.[2H]C([2H])(c1ccc(-c2ccccc2S(=O)(=O)Nc2noc(C)c2Cl)c(COCC)c1)N1C(=O)C2(CCCC2)N=C1CCCC. The number of nitrogens with zero attached hydrogens (tertiary/aromatic N) is 3. The van der Waals surface area contributed by atoms with Crippen LogP contribution in [0.15, 0.2) is 86.0 Å². The van der Waals surface area contributed by atoms with Gasteiger partial charge in [-0.25, -0.2) is 8.42 Å². The summed E-state index contributed by atoms with van der Waals surface area (Å²) in [5, 5.41) is 3.78. The van der Waals surface area contributed by atoms with Crippen molar-refractivity contribution in [1.29, 1.82) is 0 Å². The van der Waals surface area contributed by atoms with Gasteiger partial charge < -0.3 is 9.26 Å². The minimum atomic E-state index is -4.17. The molecule has 0 atom stereocenters. The molecule has 1 spiro atoms. The lowest BCUT2D eigenvalue weighted by molar-refractivity contribution is -0.131. The van der Waals surface area contributed by atoms with Gasteiger partial charge >= 0.3 is 0 Å². The molecular weight excluding hydrogens is 740 g/mol. The lowest BCUT2D eigenvalue weighted by Gasteiger charge is -2.23. The van der Waals surface area contributed by atoms with Crippen LogP contribution in [0.5, 0.6) is 0 Å². The van der Waals surface area contributed by atoms with Crippen molar-refractivity contribution in [2.45, 2.75) is 101 Å². The first-order valence-corrected chi connectivity index (χ1v) is 20.7. The Morgan fingerprint density at radius 2 is 1.72 bits per heavy atom. The van der Waals surface area contributed by atoms with Crippen LogP contribution in [0.2, 0.25) is 5.02 Å². The number of amidine groups is 1. The van der Waals surface area contributed by atoms with Gasteiger partial charge in [-0.3, -0.25) is 24.0 Å². The molecule has 1 amide bonds. The van der Waals surface area contributed by atoms with Crippen LogP contribution in [0.1, 0.15) is 84.0 Å². The van der Waals surface area contributed by atoms with E-state index in [4.69, 9.17) is 30.4 Å². The smallest absolute Gasteiger partial charge is 0.294 e. The monoisotopic (exact) mass is 786 g/mol. The predicted octanol–water partition coefficient (Wildman–Crippen LogP) is 8.13. The number of aliphatic imine (C=N–C) groups is 1. The molecule has 1 aliphatic carbocycles. The normalized spacial score (nSPS) is 16.2. The summed E-state index contributed by atoms with van der Waals surface area (Å²) in [6.07, 6.45) is 5.23. The van der Waals surface area contributed by atoms with Crippen LogP contribution in [-0.4, -0.2) is 55.3 Å². The number of rotatable bonds is 13. The number of carbonyl (C=O) groups is 1. The lowest BCUT2D eigenvalue weighted by atomic mass is 9.96. The summed E-state index contributed by atoms with van der Waals surface area (Å²) in [5.41, 5.74) is 1.83. The maximum atomic E-state index is 13.9. The van der Waals surface area contributed by atoms with Crippen LogP contribution in [0.4, 0.5) is 5.82 Å². The number of amides is 1. The molecule has 1 aromatic heterocycles. The van der Waals surface area contributed by atoms with E-state index in [1.54, 1.807) is 55.5 Å². The molecule has 2 N–H and O–H groups in total. The maximum absolute atomic E-state index is 13.9. The number of ether oxygens (including phenoxy) is 1. The average Bonchev–Trinajstić information content (AvgIpc) is 3.83. The van der Waals surface area contributed by atoms with E-state index in [-0.39, 0.29) is 44.5 Å². The number of anilines is 1. The fraction of sp³-hybridized carbons (Fsp3) is 0.395. The van der Waals surface area contributed by atoms with Crippen LogP contribution >= 0.6 is 11.6 Å². The molecule has 6 rings (SSSR count). The van der Waals surface area contributed by atoms with Crippen molar-refractivity contribution >= 4 is 49.3 Å². The second kappa shape index (κ2) is 16.9. The number of unbranched alkanes of at least 4 members (excludes halogenated alkanes) is 1. The fourth-order valence-corrected chi connectivity index (χ4v) is 8.08. The van der Waals surface area contributed by atoms with Gasteiger partial charge in [0.15, 0.2) is 5.76 Å². The molecule has 2 aliphatic rings. The molecule has 284 valence electrons. The molecule has 15 heteroatoms. The van der Waals surface area contributed by atoms with Gasteiger partial charge in [-0.05, 0) is 74.9 Å². The number of halogens is 1. The molecule has 2 heterocycles. The highest BCUT2D eigenvalue weighted by molar-refractivity contribution is 7.92. The van der Waals surface area contributed by atoms with Crippen molar-refractivity contribution in [2.24, 2.45) is 4.99 Å². The largest absolute Gasteiger partial charge is 0.377 e. The Labute approximate surface area is 319 Å². The Hall–Kier alpha value is -4.08. The molecular formula is C38H45ClN4O8S2. The third kappa shape index (κ3) is 9.36. The van der Waals surface area contributed by atoms with Gasteiger partial charge in [0, 0.05) is 18.6 Å². The van der Waals surface area contributed by atoms with E-state index < -0.39 is 32.2 Å². The molecule has 3 aromatic carbocycles. The molecule has 1 fully saturated rings. The number of carbonyl (C=O) groups excluding carboxylic acids is 1. The quantitative estimate of drug-likeness (QED) is 0.127. The van der Waals surface area contributed by atoms with Gasteiger partial charge in [-0.2, -0.15) is 8.42 Å². The topological polar surface area (TPSA) is 168 Å². The van der Waals surface area contributed by atoms with Gasteiger partial charge in [-0.1, -0.05) is 97.0 Å². The highest BCUT2D eigenvalue weighted by atomic mass is 35.5. The van der Waals surface area contributed by atoms with Gasteiger partial charge in [0.05, 0.1) is 25.6 Å². The van der Waals surface area contributed by atoms with Gasteiger partial charge in [0.1, 0.15) is 16.4 Å². The first kappa shape index (κ1) is 37.2. The number of sulfonamides is 1. The molecule has 0 bridgehead atoms. The van der Waals surface area contributed by atoms with Crippen molar-refractivity contribution < 1.29 is 38.2 Å². The summed E-state index contributed by atoms with van der Waals surface area (Å²) in [5.74, 6) is 0.363. The highest BCUT2D eigenvalue weighted by Crippen LogP contribution is 2.40. The molecule has 1 saturated carbocycles. The van der Waals surface area contributed by atoms with E-state index in [0.717, 1.165) is 31.2 Å². The average molecular weight is 787 g/mol. The van der Waals surface area contributed by atoms with E-state index in [1.165, 1.54) is 23.1 Å². The third-order valence-electron chi connectivity index (χ3n) is 9.00. The minimum Gasteiger partial charge on any atom is -0.377 e. The van der Waals surface area contributed by atoms with Crippen molar-refractivity contribution in [3.8, 4) is 11.1 Å². The second-order valence-electron chi connectivity index (χ2n) is 12.9. The first-order valence-electron chi connectivity index (χ1n) is 18.4. The molecule has 0 unspecified atom stereocenters. The van der Waals surface area contributed by atoms with E-state index in [9.17, 15) is 24.4 Å². The second-order valence-corrected chi connectivity index (χ2v) is 16.4. The van der Waals surface area contributed by atoms with Gasteiger partial charge in [0.2, 0.25) is 5.82 Å². The summed E-state index contributed by atoms with van der Waals surface area (Å²) < 4.78 is 88.4. The lowest BCUT2D eigenvalue weighted by Crippen LogP contribution is -2.40. The summed E-state index contributed by atoms with van der Waals surface area (Å²) in [4.78, 5) is 19.9. The fourth-order valence-electron chi connectivity index (χ4n) is 6.20. The molecule has 0 radical (unpaired) electrons. The summed E-state index contributed by atoms with van der Waals surface area (Å²) in [6.45, 7) is 5.61. The van der Waals surface area contributed by atoms with Crippen molar-refractivity contribution in [1.82, 2.24) is 10.1 Å². The number of aromatic nitrogens is 1. The Morgan fingerprint density at radius 1 is 1.02 bits per heavy atom. The molecule has 53 heavy (non-hydrogen) atoms. The van der Waals surface area contributed by atoms with Crippen molar-refractivity contribution in [3.63, 3.8) is 0 Å². The van der Waals surface area contributed by atoms with Crippen LogP contribution in [-0.2, 0) is 42.8 Å². The summed E-state index contributed by atoms with van der Waals surface area (Å²) in [6, 6.07) is 17.4. The zero-order valence-corrected chi connectivity index (χ0v) is 32.4. The number of hydrogen-bond donors (Lipinski definition) is 2. The molecule has 1 aliphatic heterocycles. The Kier molecular flexibility index (Phi) is 11.9. The first-order chi connectivity index (χ1) is 25.9.